The summed E-state index contributed by atoms with van der Waals surface area (Å²) in [6, 6.07) is 9.91. The second-order valence-corrected chi connectivity index (χ2v) is 12.7. The lowest BCUT2D eigenvalue weighted by Gasteiger charge is -2.31. The number of rotatable bonds is 6. The number of hydrogen-bond acceptors (Lipinski definition) is 6. The molecule has 0 saturated carbocycles. The third-order valence-corrected chi connectivity index (χ3v) is 9.67. The molecule has 2 amide bonds. The van der Waals surface area contributed by atoms with E-state index in [1.807, 2.05) is 11.6 Å². The van der Waals surface area contributed by atoms with Crippen LogP contribution in [0.25, 0.3) is 0 Å². The van der Waals surface area contributed by atoms with Crippen LogP contribution in [0.1, 0.15) is 44.1 Å². The van der Waals surface area contributed by atoms with Gasteiger partial charge in [0.15, 0.2) is 0 Å². The molecule has 4 rings (SSSR count). The van der Waals surface area contributed by atoms with Crippen molar-refractivity contribution in [3.63, 3.8) is 0 Å². The molecule has 2 aliphatic heterocycles. The van der Waals surface area contributed by atoms with Crippen molar-refractivity contribution >= 4 is 37.5 Å². The molecule has 2 N–H and O–H groups in total. The van der Waals surface area contributed by atoms with Crippen molar-refractivity contribution < 1.29 is 21.6 Å². The maximum atomic E-state index is 13.2. The highest BCUT2D eigenvalue weighted by molar-refractivity contribution is 7.90. The van der Waals surface area contributed by atoms with Crippen molar-refractivity contribution in [2.75, 3.05) is 36.4 Å². The highest BCUT2D eigenvalue weighted by Crippen LogP contribution is 2.32. The number of sulfonamides is 2. The summed E-state index contributed by atoms with van der Waals surface area (Å²) < 4.78 is 55.3. The van der Waals surface area contributed by atoms with Crippen molar-refractivity contribution in [3.8, 4) is 0 Å². The van der Waals surface area contributed by atoms with Crippen LogP contribution < -0.4 is 14.9 Å². The highest BCUT2D eigenvalue weighted by Gasteiger charge is 2.28. The molecule has 0 unspecified atom stereocenters. The predicted molar refractivity (Wildman–Crippen MR) is 136 cm³/mol. The van der Waals surface area contributed by atoms with E-state index in [4.69, 9.17) is 0 Å². The number of piperidine rings is 2. The molecule has 0 bridgehead atoms. The smallest absolute Gasteiger partial charge is 0.333 e. The SMILES string of the molecule is Cc1ccc(S(=O)(=O)NC(=O)Nc2cc(S(=O)(=O)N3CCCCC3)ccc2N2CCCCC2)cc1. The fraction of sp³-hybridized carbons (Fsp3) is 0.458. The highest BCUT2D eigenvalue weighted by atomic mass is 32.2. The van der Waals surface area contributed by atoms with E-state index in [0.29, 0.717) is 18.8 Å². The van der Waals surface area contributed by atoms with E-state index >= 15 is 0 Å². The van der Waals surface area contributed by atoms with Crippen molar-refractivity contribution in [3.05, 3.63) is 48.0 Å². The zero-order valence-corrected chi connectivity index (χ0v) is 21.5. The molecule has 35 heavy (non-hydrogen) atoms. The fourth-order valence-corrected chi connectivity index (χ4v) is 6.94. The Kier molecular flexibility index (Phi) is 7.67. The van der Waals surface area contributed by atoms with Crippen LogP contribution in [0.15, 0.2) is 52.3 Å². The summed E-state index contributed by atoms with van der Waals surface area (Å²) in [6.07, 6.45) is 5.71. The standard InChI is InChI=1S/C24H32N4O5S2/c1-19-8-10-20(11-9-19)34(30,31)26-24(29)25-22-18-21(35(32,33)28-16-6-3-7-17-28)12-13-23(22)27-14-4-2-5-15-27/h8-13,18H,2-7,14-17H2,1H3,(H2,25,26,29). The van der Waals surface area contributed by atoms with Gasteiger partial charge < -0.3 is 10.2 Å². The molecule has 2 saturated heterocycles. The first kappa shape index (κ1) is 25.5. The van der Waals surface area contributed by atoms with Crippen molar-refractivity contribution in [2.24, 2.45) is 0 Å². The number of amides is 2. The van der Waals surface area contributed by atoms with Gasteiger partial charge in [0.1, 0.15) is 0 Å². The summed E-state index contributed by atoms with van der Waals surface area (Å²) in [5.41, 5.74) is 1.83. The molecule has 2 aliphatic rings. The molecule has 0 atom stereocenters. The number of urea groups is 1. The molecule has 2 heterocycles. The lowest BCUT2D eigenvalue weighted by molar-refractivity contribution is 0.256. The zero-order valence-electron chi connectivity index (χ0n) is 19.9. The molecule has 0 aromatic heterocycles. The monoisotopic (exact) mass is 520 g/mol. The second-order valence-electron chi connectivity index (χ2n) is 9.06. The lowest BCUT2D eigenvalue weighted by atomic mass is 10.1. The fourth-order valence-electron chi connectivity index (χ4n) is 4.49. The maximum absolute atomic E-state index is 13.2. The van der Waals surface area contributed by atoms with E-state index < -0.39 is 26.1 Å². The Morgan fingerprint density at radius 2 is 1.34 bits per heavy atom. The van der Waals surface area contributed by atoms with Gasteiger partial charge in [-0.1, -0.05) is 24.1 Å². The third-order valence-electron chi connectivity index (χ3n) is 6.42. The summed E-state index contributed by atoms with van der Waals surface area (Å²) in [6.45, 7) is 4.32. The molecular formula is C24H32N4O5S2. The number of benzene rings is 2. The van der Waals surface area contributed by atoms with Gasteiger partial charge in [0.2, 0.25) is 10.0 Å². The summed E-state index contributed by atoms with van der Waals surface area (Å²) in [7, 11) is -7.82. The number of nitrogens with zero attached hydrogens (tertiary/aromatic N) is 2. The first-order valence-corrected chi connectivity index (χ1v) is 14.9. The quantitative estimate of drug-likeness (QED) is 0.600. The Morgan fingerprint density at radius 3 is 1.97 bits per heavy atom. The number of aryl methyl sites for hydroxylation is 1. The number of carbonyl (C=O) groups excluding carboxylic acids is 1. The number of anilines is 2. The van der Waals surface area contributed by atoms with Crippen LogP contribution >= 0.6 is 0 Å². The van der Waals surface area contributed by atoms with Gasteiger partial charge in [-0.3, -0.25) is 0 Å². The van der Waals surface area contributed by atoms with Crippen molar-refractivity contribution in [2.45, 2.75) is 55.2 Å². The first-order chi connectivity index (χ1) is 16.7. The molecular weight excluding hydrogens is 488 g/mol. The molecule has 190 valence electrons. The Bertz CT molecular complexity index is 1270. The van der Waals surface area contributed by atoms with E-state index in [-0.39, 0.29) is 15.5 Å². The molecule has 2 aromatic carbocycles. The van der Waals surface area contributed by atoms with E-state index in [9.17, 15) is 21.6 Å². The van der Waals surface area contributed by atoms with Crippen molar-refractivity contribution in [1.29, 1.82) is 0 Å². The molecule has 11 heteroatoms. The second kappa shape index (κ2) is 10.5. The minimum absolute atomic E-state index is 0.0315. The van der Waals surface area contributed by atoms with Crippen LogP contribution in [0, 0.1) is 6.92 Å². The molecule has 0 aliphatic carbocycles. The largest absolute Gasteiger partial charge is 0.370 e. The summed E-state index contributed by atoms with van der Waals surface area (Å²) in [5, 5.41) is 2.61. The average molecular weight is 521 g/mol. The first-order valence-electron chi connectivity index (χ1n) is 12.0. The summed E-state index contributed by atoms with van der Waals surface area (Å²) in [4.78, 5) is 14.9. The van der Waals surface area contributed by atoms with E-state index in [1.165, 1.54) is 22.5 Å². The van der Waals surface area contributed by atoms with Crippen LogP contribution in [0.5, 0.6) is 0 Å². The van der Waals surface area contributed by atoms with Gasteiger partial charge in [0.05, 0.1) is 21.2 Å². The lowest BCUT2D eigenvalue weighted by Crippen LogP contribution is -2.37. The normalized spacial score (nSPS) is 17.7. The van der Waals surface area contributed by atoms with Crippen LogP contribution in [0.4, 0.5) is 16.2 Å². The Balaban J connectivity index is 1.62. The van der Waals surface area contributed by atoms with Crippen LogP contribution in [-0.4, -0.2) is 53.4 Å². The van der Waals surface area contributed by atoms with Crippen LogP contribution in [0.2, 0.25) is 0 Å². The Morgan fingerprint density at radius 1 is 0.771 bits per heavy atom. The molecule has 2 aromatic rings. The van der Waals surface area contributed by atoms with Gasteiger partial charge in [-0.25, -0.2) is 26.4 Å². The molecule has 2 fully saturated rings. The average Bonchev–Trinajstić information content (AvgIpc) is 2.85. The van der Waals surface area contributed by atoms with E-state index in [1.54, 1.807) is 24.3 Å². The summed E-state index contributed by atoms with van der Waals surface area (Å²) >= 11 is 0. The molecule has 0 spiro atoms. The molecule has 9 nitrogen and oxygen atoms in total. The molecule has 0 radical (unpaired) electrons. The van der Waals surface area contributed by atoms with Crippen molar-refractivity contribution in [1.82, 2.24) is 9.03 Å². The van der Waals surface area contributed by atoms with E-state index in [2.05, 4.69) is 10.2 Å². The van der Waals surface area contributed by atoms with Gasteiger partial charge >= 0.3 is 6.03 Å². The third kappa shape index (κ3) is 5.96. The van der Waals surface area contributed by atoms with Gasteiger partial charge in [0, 0.05) is 26.2 Å². The van der Waals surface area contributed by atoms with Gasteiger partial charge in [-0.15, -0.1) is 0 Å². The topological polar surface area (TPSA) is 116 Å². The number of carbonyl (C=O) groups is 1. The predicted octanol–water partition coefficient (Wildman–Crippen LogP) is 3.67. The summed E-state index contributed by atoms with van der Waals surface area (Å²) in [5.74, 6) is 0. The minimum Gasteiger partial charge on any atom is -0.370 e. The number of nitrogens with one attached hydrogen (secondary N) is 2. The maximum Gasteiger partial charge on any atom is 0.333 e. The van der Waals surface area contributed by atoms with Gasteiger partial charge in [0.25, 0.3) is 10.0 Å². The minimum atomic E-state index is -4.09. The van der Waals surface area contributed by atoms with Crippen LogP contribution in [0.3, 0.4) is 0 Å². The van der Waals surface area contributed by atoms with E-state index in [0.717, 1.165) is 57.2 Å². The van der Waals surface area contributed by atoms with Crippen LogP contribution in [-0.2, 0) is 20.0 Å². The number of hydrogen-bond donors (Lipinski definition) is 2. The zero-order chi connectivity index (χ0) is 25.1. The Hall–Kier alpha value is -2.63. The Labute approximate surface area is 207 Å². The van der Waals surface area contributed by atoms with Gasteiger partial charge in [-0.2, -0.15) is 4.31 Å². The van der Waals surface area contributed by atoms with Gasteiger partial charge in [-0.05, 0) is 69.4 Å².